The van der Waals surface area contributed by atoms with E-state index in [0.717, 1.165) is 0 Å². The molecule has 0 saturated carbocycles. The van der Waals surface area contributed by atoms with Gasteiger partial charge in [-0.15, -0.1) is 0 Å². The lowest BCUT2D eigenvalue weighted by molar-refractivity contribution is -0.145. The maximum atomic E-state index is 12.4. The molecule has 0 aliphatic heterocycles. The topological polar surface area (TPSA) is 79.5 Å². The highest BCUT2D eigenvalue weighted by Crippen LogP contribution is 2.28. The van der Waals surface area contributed by atoms with Crippen LogP contribution in [0.5, 0.6) is 0 Å². The Morgan fingerprint density at radius 3 is 2.36 bits per heavy atom. The average Bonchev–Trinajstić information content (AvgIpc) is 2.91. The van der Waals surface area contributed by atoms with E-state index < -0.39 is 17.4 Å². The lowest BCUT2D eigenvalue weighted by Crippen LogP contribution is -2.51. The number of halogens is 1. The van der Waals surface area contributed by atoms with Gasteiger partial charge in [0.15, 0.2) is 11.3 Å². The van der Waals surface area contributed by atoms with Crippen molar-refractivity contribution < 1.29 is 19.1 Å². The Hall–Kier alpha value is -2.27. The number of benzene rings is 1. The van der Waals surface area contributed by atoms with E-state index in [1.165, 1.54) is 6.26 Å². The van der Waals surface area contributed by atoms with Gasteiger partial charge in [-0.2, -0.15) is 0 Å². The largest absolute Gasteiger partial charge is 0.479 e. The molecule has 0 bridgehead atoms. The summed E-state index contributed by atoms with van der Waals surface area (Å²) in [6, 6.07) is 8.01. The first-order valence-corrected chi connectivity index (χ1v) is 7.14. The quantitative estimate of drug-likeness (QED) is 0.885. The molecule has 5 nitrogen and oxygen atoms in total. The third-order valence-corrected chi connectivity index (χ3v) is 3.88. The Morgan fingerprint density at radius 1 is 1.27 bits per heavy atom. The van der Waals surface area contributed by atoms with Gasteiger partial charge >= 0.3 is 5.97 Å². The van der Waals surface area contributed by atoms with E-state index >= 15 is 0 Å². The molecule has 1 aromatic heterocycles. The first-order chi connectivity index (χ1) is 10.4. The smallest absolute Gasteiger partial charge is 0.334 e. The molecule has 2 rings (SSSR count). The molecule has 1 unspecified atom stereocenters. The maximum absolute atomic E-state index is 12.4. The highest BCUT2D eigenvalue weighted by molar-refractivity contribution is 6.30. The molecule has 1 atom stereocenters. The summed E-state index contributed by atoms with van der Waals surface area (Å²) in [5, 5.41) is 12.8. The van der Waals surface area contributed by atoms with Crippen LogP contribution in [0.2, 0.25) is 5.02 Å². The Kier molecular flexibility index (Phi) is 4.56. The summed E-state index contributed by atoms with van der Waals surface area (Å²) in [4.78, 5) is 24.2. The predicted molar refractivity (Wildman–Crippen MR) is 82.0 cm³/mol. The van der Waals surface area contributed by atoms with Crippen molar-refractivity contribution in [2.24, 2.45) is 0 Å². The number of nitrogens with one attached hydrogen (secondary N) is 1. The SMILES string of the molecule is CCC(NC(=O)c1occc1C)(C(=O)O)c1ccc(Cl)cc1. The molecular formula is C16H16ClNO4. The summed E-state index contributed by atoms with van der Waals surface area (Å²) in [5.74, 6) is -1.61. The Morgan fingerprint density at radius 2 is 1.91 bits per heavy atom. The van der Waals surface area contributed by atoms with Crippen molar-refractivity contribution in [1.29, 1.82) is 0 Å². The molecule has 116 valence electrons. The van der Waals surface area contributed by atoms with Gasteiger partial charge in [-0.05, 0) is 37.1 Å². The van der Waals surface area contributed by atoms with Crippen molar-refractivity contribution in [2.75, 3.05) is 0 Å². The van der Waals surface area contributed by atoms with Gasteiger partial charge in [-0.3, -0.25) is 4.79 Å². The van der Waals surface area contributed by atoms with Crippen LogP contribution < -0.4 is 5.32 Å². The first kappa shape index (κ1) is 16.1. The van der Waals surface area contributed by atoms with Crippen molar-refractivity contribution in [2.45, 2.75) is 25.8 Å². The number of rotatable bonds is 5. The number of carboxylic acids is 1. The minimum Gasteiger partial charge on any atom is -0.479 e. The molecule has 22 heavy (non-hydrogen) atoms. The fraction of sp³-hybridized carbons (Fsp3) is 0.250. The standard InChI is InChI=1S/C16H16ClNO4/c1-3-16(15(20)21,11-4-6-12(17)7-5-11)18-14(19)13-10(2)8-9-22-13/h4-9H,3H2,1-2H3,(H,18,19)(H,20,21). The van der Waals surface area contributed by atoms with Crippen LogP contribution in [0.25, 0.3) is 0 Å². The van der Waals surface area contributed by atoms with Gasteiger partial charge in [-0.1, -0.05) is 30.7 Å². The minimum atomic E-state index is -1.54. The first-order valence-electron chi connectivity index (χ1n) is 6.76. The summed E-state index contributed by atoms with van der Waals surface area (Å²) in [6.45, 7) is 3.41. The lowest BCUT2D eigenvalue weighted by atomic mass is 9.87. The summed E-state index contributed by atoms with van der Waals surface area (Å²) in [5.41, 5.74) is -0.450. The predicted octanol–water partition coefficient (Wildman–Crippen LogP) is 3.36. The van der Waals surface area contributed by atoms with Crippen LogP contribution in [0.1, 0.15) is 35.0 Å². The lowest BCUT2D eigenvalue weighted by Gasteiger charge is -2.29. The zero-order valence-electron chi connectivity index (χ0n) is 12.2. The van der Waals surface area contributed by atoms with Gasteiger partial charge in [-0.25, -0.2) is 4.79 Å². The van der Waals surface area contributed by atoms with Crippen LogP contribution in [0.4, 0.5) is 0 Å². The number of furan rings is 1. The van der Waals surface area contributed by atoms with E-state index in [1.807, 2.05) is 0 Å². The third kappa shape index (κ3) is 2.85. The average molecular weight is 322 g/mol. The number of carboxylic acid groups (broad SMARTS) is 1. The number of hydrogen-bond donors (Lipinski definition) is 2. The third-order valence-electron chi connectivity index (χ3n) is 3.63. The van der Waals surface area contributed by atoms with Crippen LogP contribution >= 0.6 is 11.6 Å². The summed E-state index contributed by atoms with van der Waals surface area (Å²) in [6.07, 6.45) is 1.57. The molecule has 0 aliphatic rings. The number of amides is 1. The highest BCUT2D eigenvalue weighted by atomic mass is 35.5. The van der Waals surface area contributed by atoms with E-state index in [2.05, 4.69) is 5.32 Å². The molecule has 2 aromatic rings. The Bertz CT molecular complexity index is 692. The number of hydrogen-bond acceptors (Lipinski definition) is 3. The van der Waals surface area contributed by atoms with Crippen molar-refractivity contribution in [3.63, 3.8) is 0 Å². The number of carbonyl (C=O) groups excluding carboxylic acids is 1. The zero-order chi connectivity index (χ0) is 16.3. The second-order valence-electron chi connectivity index (χ2n) is 4.96. The van der Waals surface area contributed by atoms with E-state index in [9.17, 15) is 14.7 Å². The number of carbonyl (C=O) groups is 2. The second kappa shape index (κ2) is 6.23. The van der Waals surface area contributed by atoms with E-state index in [1.54, 1.807) is 44.2 Å². The van der Waals surface area contributed by atoms with Crippen molar-refractivity contribution in [3.8, 4) is 0 Å². The summed E-state index contributed by atoms with van der Waals surface area (Å²) in [7, 11) is 0. The summed E-state index contributed by atoms with van der Waals surface area (Å²) >= 11 is 5.84. The Labute approximate surface area is 132 Å². The van der Waals surface area contributed by atoms with Gasteiger partial charge in [0.1, 0.15) is 0 Å². The van der Waals surface area contributed by atoms with Crippen LogP contribution in [0, 0.1) is 6.92 Å². The maximum Gasteiger partial charge on any atom is 0.334 e. The van der Waals surface area contributed by atoms with E-state index in [0.29, 0.717) is 16.1 Å². The second-order valence-corrected chi connectivity index (χ2v) is 5.39. The van der Waals surface area contributed by atoms with Crippen LogP contribution in [0.3, 0.4) is 0 Å². The molecule has 0 aliphatic carbocycles. The number of aliphatic carboxylic acids is 1. The molecule has 0 spiro atoms. The fourth-order valence-corrected chi connectivity index (χ4v) is 2.41. The molecule has 1 heterocycles. The fourth-order valence-electron chi connectivity index (χ4n) is 2.28. The Balaban J connectivity index is 2.42. The molecule has 0 saturated heterocycles. The molecule has 2 N–H and O–H groups in total. The minimum absolute atomic E-state index is 0.105. The molecule has 1 aromatic carbocycles. The van der Waals surface area contributed by atoms with Gasteiger partial charge < -0.3 is 14.8 Å². The molecule has 0 radical (unpaired) electrons. The zero-order valence-corrected chi connectivity index (χ0v) is 13.0. The van der Waals surface area contributed by atoms with E-state index in [4.69, 9.17) is 16.0 Å². The molecule has 1 amide bonds. The number of aryl methyl sites for hydroxylation is 1. The normalized spacial score (nSPS) is 13.4. The molecular weight excluding hydrogens is 306 g/mol. The van der Waals surface area contributed by atoms with Gasteiger partial charge in [0.25, 0.3) is 5.91 Å². The van der Waals surface area contributed by atoms with Crippen molar-refractivity contribution in [3.05, 3.63) is 58.5 Å². The van der Waals surface area contributed by atoms with Crippen LogP contribution in [-0.4, -0.2) is 17.0 Å². The van der Waals surface area contributed by atoms with Gasteiger partial charge in [0.2, 0.25) is 0 Å². The summed E-state index contributed by atoms with van der Waals surface area (Å²) < 4.78 is 5.13. The van der Waals surface area contributed by atoms with E-state index in [-0.39, 0.29) is 12.2 Å². The highest BCUT2D eigenvalue weighted by Gasteiger charge is 2.41. The van der Waals surface area contributed by atoms with Crippen LogP contribution in [0.15, 0.2) is 41.0 Å². The van der Waals surface area contributed by atoms with Crippen molar-refractivity contribution >= 4 is 23.5 Å². The monoisotopic (exact) mass is 321 g/mol. The van der Waals surface area contributed by atoms with Gasteiger partial charge in [0.05, 0.1) is 6.26 Å². The van der Waals surface area contributed by atoms with Crippen molar-refractivity contribution in [1.82, 2.24) is 5.32 Å². The van der Waals surface area contributed by atoms with Crippen LogP contribution in [-0.2, 0) is 10.3 Å². The molecule has 6 heteroatoms. The van der Waals surface area contributed by atoms with Gasteiger partial charge in [0, 0.05) is 10.6 Å². The molecule has 0 fully saturated rings.